The standard InChI is InChI=1S/C44H67N3O6S/c1-29(46-39(49)53-8)32-15-20-44(45-23-24-47-25-27-54(50,51)28-26-47)22-21-42(5)34(37(32)44)13-14-36-41(4)18-16-33(30-9-11-31(12-10-30)38(48)52-7)40(2,3)35(41)17-19-43(36,42)6/h9-12,16,29,32,34-37,45H,13-15,17-28H2,1-8H3,(H,46,49). The van der Waals surface area contributed by atoms with Gasteiger partial charge in [0.15, 0.2) is 9.84 Å². The fourth-order valence-electron chi connectivity index (χ4n) is 14.3. The molecule has 0 spiro atoms. The van der Waals surface area contributed by atoms with E-state index in [1.807, 2.05) is 12.1 Å². The summed E-state index contributed by atoms with van der Waals surface area (Å²) in [6.45, 7) is 18.1. The van der Waals surface area contributed by atoms with Crippen LogP contribution in [0.3, 0.4) is 0 Å². The van der Waals surface area contributed by atoms with Gasteiger partial charge in [0.2, 0.25) is 0 Å². The zero-order valence-corrected chi connectivity index (χ0v) is 35.1. The van der Waals surface area contributed by atoms with Crippen molar-refractivity contribution < 1.29 is 27.5 Å². The van der Waals surface area contributed by atoms with E-state index in [1.54, 1.807) is 0 Å². The normalized spacial score (nSPS) is 40.1. The minimum Gasteiger partial charge on any atom is -0.465 e. The molecule has 1 saturated heterocycles. The van der Waals surface area contributed by atoms with Crippen molar-refractivity contribution in [3.63, 3.8) is 0 Å². The number of ether oxygens (including phenoxy) is 2. The Morgan fingerprint density at radius 2 is 1.57 bits per heavy atom. The minimum absolute atomic E-state index is 0.00537. The zero-order chi connectivity index (χ0) is 38.9. The van der Waals surface area contributed by atoms with E-state index in [9.17, 15) is 18.0 Å². The Bertz CT molecular complexity index is 1730. The maximum atomic E-state index is 12.6. The Hall–Kier alpha value is -2.43. The number of hydrogen-bond donors (Lipinski definition) is 2. The predicted octanol–water partition coefficient (Wildman–Crippen LogP) is 7.36. The molecule has 2 N–H and O–H groups in total. The molecular formula is C44H67N3O6S. The number of rotatable bonds is 8. The Labute approximate surface area is 325 Å². The fraction of sp³-hybridized carbons (Fsp3) is 0.773. The van der Waals surface area contributed by atoms with Gasteiger partial charge in [-0.2, -0.15) is 0 Å². The van der Waals surface area contributed by atoms with Gasteiger partial charge in [-0.25, -0.2) is 18.0 Å². The molecule has 1 aromatic rings. The molecule has 5 fully saturated rings. The van der Waals surface area contributed by atoms with Crippen LogP contribution in [0.5, 0.6) is 0 Å². The molecule has 0 aromatic heterocycles. The SMILES string of the molecule is COC(=O)NC(C)C1CCC2(NCCN3CCS(=O)(=O)CC3)CCC3(C)C(CCC4C5(C)CC=C(c6ccc(C(=O)OC)cc6)C(C)(C)C5CCC43C)C12. The topological polar surface area (TPSA) is 114 Å². The zero-order valence-electron chi connectivity index (χ0n) is 34.3. The van der Waals surface area contributed by atoms with Crippen LogP contribution in [0.25, 0.3) is 5.57 Å². The van der Waals surface area contributed by atoms with Gasteiger partial charge in [0.05, 0.1) is 31.3 Å². The Balaban J connectivity index is 1.16. The van der Waals surface area contributed by atoms with Crippen molar-refractivity contribution in [3.8, 4) is 0 Å². The fourth-order valence-corrected chi connectivity index (χ4v) is 15.6. The van der Waals surface area contributed by atoms with Gasteiger partial charge in [0.1, 0.15) is 0 Å². The largest absolute Gasteiger partial charge is 0.465 e. The highest BCUT2D eigenvalue weighted by Gasteiger charge is 2.70. The minimum atomic E-state index is -2.90. The first-order valence-electron chi connectivity index (χ1n) is 20.9. The smallest absolute Gasteiger partial charge is 0.407 e. The van der Waals surface area contributed by atoms with Crippen LogP contribution in [0, 0.1) is 51.2 Å². The molecule has 4 saturated carbocycles. The number of benzene rings is 1. The highest BCUT2D eigenvalue weighted by atomic mass is 32.2. The van der Waals surface area contributed by atoms with E-state index in [4.69, 9.17) is 9.47 Å². The van der Waals surface area contributed by atoms with Crippen LogP contribution in [-0.2, 0) is 19.3 Å². The second-order valence-corrected chi connectivity index (χ2v) is 21.8. The molecule has 1 aliphatic heterocycles. The molecule has 7 rings (SSSR count). The van der Waals surface area contributed by atoms with Gasteiger partial charge in [0, 0.05) is 37.8 Å². The third-order valence-corrected chi connectivity index (χ3v) is 18.8. The predicted molar refractivity (Wildman–Crippen MR) is 214 cm³/mol. The van der Waals surface area contributed by atoms with Crippen molar-refractivity contribution in [1.82, 2.24) is 15.5 Å². The number of hydrogen-bond acceptors (Lipinski definition) is 8. The molecule has 10 heteroatoms. The third-order valence-electron chi connectivity index (χ3n) is 17.2. The van der Waals surface area contributed by atoms with Crippen molar-refractivity contribution in [1.29, 1.82) is 0 Å². The molecule has 6 aliphatic rings. The van der Waals surface area contributed by atoms with Gasteiger partial charge in [-0.05, 0) is 139 Å². The van der Waals surface area contributed by atoms with E-state index in [2.05, 4.69) is 75.3 Å². The van der Waals surface area contributed by atoms with Crippen molar-refractivity contribution in [2.75, 3.05) is 51.9 Å². The van der Waals surface area contributed by atoms with Gasteiger partial charge in [-0.1, -0.05) is 52.8 Å². The van der Waals surface area contributed by atoms with Gasteiger partial charge < -0.3 is 25.0 Å². The van der Waals surface area contributed by atoms with Crippen LogP contribution in [0.1, 0.15) is 115 Å². The van der Waals surface area contributed by atoms with Crippen LogP contribution in [0.4, 0.5) is 4.79 Å². The van der Waals surface area contributed by atoms with Crippen LogP contribution in [-0.4, -0.2) is 88.9 Å². The molecule has 1 amide bonds. The van der Waals surface area contributed by atoms with Crippen molar-refractivity contribution >= 4 is 27.5 Å². The van der Waals surface area contributed by atoms with E-state index >= 15 is 0 Å². The van der Waals surface area contributed by atoms with Crippen molar-refractivity contribution in [2.45, 2.75) is 111 Å². The van der Waals surface area contributed by atoms with E-state index in [0.29, 0.717) is 48.2 Å². The highest BCUT2D eigenvalue weighted by Crippen LogP contribution is 2.76. The molecule has 300 valence electrons. The first-order valence-corrected chi connectivity index (χ1v) is 22.7. The summed E-state index contributed by atoms with van der Waals surface area (Å²) in [6, 6.07) is 8.04. The maximum absolute atomic E-state index is 12.6. The van der Waals surface area contributed by atoms with Gasteiger partial charge in [-0.15, -0.1) is 0 Å². The van der Waals surface area contributed by atoms with Crippen LogP contribution >= 0.6 is 0 Å². The second kappa shape index (κ2) is 14.2. The van der Waals surface area contributed by atoms with E-state index in [-0.39, 0.29) is 56.8 Å². The second-order valence-electron chi connectivity index (χ2n) is 19.5. The van der Waals surface area contributed by atoms with E-state index < -0.39 is 9.84 Å². The number of alkyl carbamates (subject to hydrolysis) is 1. The summed E-state index contributed by atoms with van der Waals surface area (Å²) in [4.78, 5) is 27.1. The molecule has 1 aromatic carbocycles. The van der Waals surface area contributed by atoms with Crippen LogP contribution in [0.15, 0.2) is 30.3 Å². The Kier molecular flexibility index (Phi) is 10.5. The number of allylic oxidation sites excluding steroid dienone is 2. The monoisotopic (exact) mass is 765 g/mol. The average Bonchev–Trinajstić information content (AvgIpc) is 3.52. The molecule has 10 unspecified atom stereocenters. The number of carbonyl (C=O) groups excluding carboxylic acids is 2. The number of methoxy groups -OCH3 is 2. The number of nitrogens with zero attached hydrogens (tertiary/aromatic N) is 1. The first-order chi connectivity index (χ1) is 25.4. The summed E-state index contributed by atoms with van der Waals surface area (Å²) < 4.78 is 34.3. The third kappa shape index (κ3) is 6.36. The number of nitrogens with one attached hydrogen (secondary N) is 2. The number of carbonyl (C=O) groups is 2. The summed E-state index contributed by atoms with van der Waals surface area (Å²) >= 11 is 0. The lowest BCUT2D eigenvalue weighted by atomic mass is 9.33. The summed E-state index contributed by atoms with van der Waals surface area (Å²) in [5.74, 6) is 2.74. The van der Waals surface area contributed by atoms with Gasteiger partial charge >= 0.3 is 12.1 Å². The van der Waals surface area contributed by atoms with Crippen LogP contribution < -0.4 is 10.6 Å². The Morgan fingerprint density at radius 3 is 2.24 bits per heavy atom. The van der Waals surface area contributed by atoms with Crippen molar-refractivity contribution in [2.24, 2.45) is 51.2 Å². The number of esters is 1. The molecule has 0 radical (unpaired) electrons. The van der Waals surface area contributed by atoms with E-state index in [0.717, 1.165) is 38.8 Å². The summed E-state index contributed by atoms with van der Waals surface area (Å²) in [7, 11) is -0.0188. The number of amides is 1. The maximum Gasteiger partial charge on any atom is 0.407 e. The van der Waals surface area contributed by atoms with Gasteiger partial charge in [0.25, 0.3) is 0 Å². The highest BCUT2D eigenvalue weighted by molar-refractivity contribution is 7.91. The lowest BCUT2D eigenvalue weighted by Gasteiger charge is -2.72. The molecule has 10 atom stereocenters. The Morgan fingerprint density at radius 1 is 0.870 bits per heavy atom. The lowest BCUT2D eigenvalue weighted by Crippen LogP contribution is -2.68. The number of sulfone groups is 1. The lowest BCUT2D eigenvalue weighted by molar-refractivity contribution is -0.221. The number of fused-ring (bicyclic) bond motifs is 7. The molecule has 0 bridgehead atoms. The summed E-state index contributed by atoms with van der Waals surface area (Å²) in [5, 5.41) is 7.39. The molecular weight excluding hydrogens is 699 g/mol. The van der Waals surface area contributed by atoms with Gasteiger partial charge in [-0.3, -0.25) is 0 Å². The molecule has 1 heterocycles. The molecule has 54 heavy (non-hydrogen) atoms. The van der Waals surface area contributed by atoms with E-state index in [1.165, 1.54) is 57.5 Å². The summed E-state index contributed by atoms with van der Waals surface area (Å²) in [5.41, 5.74) is 3.77. The first kappa shape index (κ1) is 39.8. The van der Waals surface area contributed by atoms with Crippen molar-refractivity contribution in [3.05, 3.63) is 41.5 Å². The summed E-state index contributed by atoms with van der Waals surface area (Å²) in [6.07, 6.45) is 12.7. The quantitative estimate of drug-likeness (QED) is 0.264. The van der Waals surface area contributed by atoms with Crippen LogP contribution in [0.2, 0.25) is 0 Å². The average molecular weight is 766 g/mol. The molecule has 5 aliphatic carbocycles. The molecule has 9 nitrogen and oxygen atoms in total.